The minimum atomic E-state index is 0.616. The summed E-state index contributed by atoms with van der Waals surface area (Å²) in [7, 11) is 0. The summed E-state index contributed by atoms with van der Waals surface area (Å²) < 4.78 is 0. The lowest BCUT2D eigenvalue weighted by Crippen LogP contribution is -2.14. The van der Waals surface area contributed by atoms with Gasteiger partial charge < -0.3 is 0 Å². The van der Waals surface area contributed by atoms with Gasteiger partial charge in [-0.2, -0.15) is 0 Å². The van der Waals surface area contributed by atoms with E-state index in [-0.39, 0.29) is 0 Å². The van der Waals surface area contributed by atoms with Gasteiger partial charge in [0.05, 0.1) is 0 Å². The van der Waals surface area contributed by atoms with Gasteiger partial charge in [0, 0.05) is 12.3 Å². The van der Waals surface area contributed by atoms with E-state index in [1.807, 2.05) is 24.4 Å². The Morgan fingerprint density at radius 1 is 1.17 bits per heavy atom. The van der Waals surface area contributed by atoms with E-state index in [2.05, 4.69) is 17.1 Å². The molecule has 0 spiro atoms. The van der Waals surface area contributed by atoms with Crippen LogP contribution in [-0.4, -0.2) is 12.3 Å². The number of rotatable bonds is 2. The van der Waals surface area contributed by atoms with Crippen LogP contribution in [0.3, 0.4) is 0 Å². The lowest BCUT2D eigenvalue weighted by molar-refractivity contribution is 0.421. The average molecular weight is 159 g/mol. The molecule has 1 saturated carbocycles. The van der Waals surface area contributed by atoms with E-state index in [1.54, 1.807) is 0 Å². The maximum atomic E-state index is 4.47. The molecule has 0 radical (unpaired) electrons. The van der Waals surface area contributed by atoms with Crippen molar-refractivity contribution in [3.05, 3.63) is 35.9 Å². The molecular formula is C11H13N. The summed E-state index contributed by atoms with van der Waals surface area (Å²) in [5.41, 5.74) is 1.21. The first-order valence-electron chi connectivity index (χ1n) is 4.53. The van der Waals surface area contributed by atoms with Crippen molar-refractivity contribution in [3.8, 4) is 0 Å². The van der Waals surface area contributed by atoms with E-state index in [4.69, 9.17) is 0 Å². The van der Waals surface area contributed by atoms with Crippen LogP contribution in [0.4, 0.5) is 0 Å². The minimum absolute atomic E-state index is 0.616. The molecule has 0 amide bonds. The van der Waals surface area contributed by atoms with Crippen molar-refractivity contribution in [1.29, 1.82) is 0 Å². The largest absolute Gasteiger partial charge is 0.289 e. The fourth-order valence-electron chi connectivity index (χ4n) is 1.27. The van der Waals surface area contributed by atoms with Crippen molar-refractivity contribution in [2.45, 2.75) is 25.3 Å². The predicted molar refractivity (Wildman–Crippen MR) is 51.7 cm³/mol. The summed E-state index contributed by atoms with van der Waals surface area (Å²) in [6.07, 6.45) is 5.91. The quantitative estimate of drug-likeness (QED) is 0.588. The summed E-state index contributed by atoms with van der Waals surface area (Å²) in [4.78, 5) is 4.47. The zero-order valence-corrected chi connectivity index (χ0v) is 7.11. The van der Waals surface area contributed by atoms with Crippen LogP contribution in [0, 0.1) is 0 Å². The fourth-order valence-corrected chi connectivity index (χ4v) is 1.27. The van der Waals surface area contributed by atoms with E-state index in [1.165, 1.54) is 24.8 Å². The van der Waals surface area contributed by atoms with Crippen molar-refractivity contribution in [2.24, 2.45) is 4.99 Å². The molecule has 12 heavy (non-hydrogen) atoms. The molecule has 0 unspecified atom stereocenters. The van der Waals surface area contributed by atoms with Crippen LogP contribution in [0.1, 0.15) is 24.8 Å². The van der Waals surface area contributed by atoms with Gasteiger partial charge in [-0.3, -0.25) is 4.99 Å². The van der Waals surface area contributed by atoms with Crippen molar-refractivity contribution in [2.75, 3.05) is 0 Å². The van der Waals surface area contributed by atoms with E-state index >= 15 is 0 Å². The number of aliphatic imine (C=N–C) groups is 1. The molecular weight excluding hydrogens is 146 g/mol. The lowest BCUT2D eigenvalue weighted by atomic mass is 9.94. The Bertz CT molecular complexity index is 260. The monoisotopic (exact) mass is 159 g/mol. The van der Waals surface area contributed by atoms with Gasteiger partial charge >= 0.3 is 0 Å². The highest BCUT2D eigenvalue weighted by Crippen LogP contribution is 2.21. The first kappa shape index (κ1) is 7.53. The Morgan fingerprint density at radius 3 is 2.50 bits per heavy atom. The number of benzene rings is 1. The third kappa shape index (κ3) is 1.73. The second-order valence-corrected chi connectivity index (χ2v) is 3.27. The van der Waals surface area contributed by atoms with E-state index in [0.29, 0.717) is 6.04 Å². The van der Waals surface area contributed by atoms with E-state index in [0.717, 1.165) is 0 Å². The van der Waals surface area contributed by atoms with Crippen LogP contribution >= 0.6 is 0 Å². The topological polar surface area (TPSA) is 12.4 Å². The minimum Gasteiger partial charge on any atom is -0.289 e. The first-order chi connectivity index (χ1) is 5.95. The van der Waals surface area contributed by atoms with Gasteiger partial charge in [0.15, 0.2) is 0 Å². The third-order valence-electron chi connectivity index (χ3n) is 2.31. The Morgan fingerprint density at radius 2 is 1.92 bits per heavy atom. The maximum absolute atomic E-state index is 4.47. The summed E-state index contributed by atoms with van der Waals surface area (Å²) in [5, 5.41) is 0. The smallest absolute Gasteiger partial charge is 0.0499 e. The van der Waals surface area contributed by atoms with Gasteiger partial charge in [-0.15, -0.1) is 0 Å². The summed E-state index contributed by atoms with van der Waals surface area (Å²) in [6, 6.07) is 10.9. The number of hydrogen-bond donors (Lipinski definition) is 0. The molecule has 0 N–H and O–H groups in total. The number of nitrogens with zero attached hydrogens (tertiary/aromatic N) is 1. The normalized spacial score (nSPS) is 18.0. The van der Waals surface area contributed by atoms with Gasteiger partial charge in [0.25, 0.3) is 0 Å². The molecule has 1 aliphatic rings. The van der Waals surface area contributed by atoms with Crippen molar-refractivity contribution < 1.29 is 0 Å². The van der Waals surface area contributed by atoms with Crippen LogP contribution in [0.2, 0.25) is 0 Å². The Kier molecular flexibility index (Phi) is 2.21. The molecule has 1 heteroatoms. The molecule has 2 rings (SSSR count). The maximum Gasteiger partial charge on any atom is 0.0499 e. The Labute approximate surface area is 73.1 Å². The van der Waals surface area contributed by atoms with Crippen LogP contribution in [-0.2, 0) is 0 Å². The van der Waals surface area contributed by atoms with Gasteiger partial charge in [-0.25, -0.2) is 0 Å². The molecule has 0 aliphatic heterocycles. The molecule has 0 atom stereocenters. The van der Waals surface area contributed by atoms with Crippen LogP contribution in [0.5, 0.6) is 0 Å². The molecule has 1 aromatic rings. The average Bonchev–Trinajstić information content (AvgIpc) is 2.04. The highest BCUT2D eigenvalue weighted by molar-refractivity contribution is 5.79. The molecule has 1 aromatic carbocycles. The molecule has 0 aromatic heterocycles. The van der Waals surface area contributed by atoms with Crippen LogP contribution in [0.25, 0.3) is 0 Å². The van der Waals surface area contributed by atoms with Gasteiger partial charge in [0.2, 0.25) is 0 Å². The molecule has 0 saturated heterocycles. The van der Waals surface area contributed by atoms with E-state index < -0.39 is 0 Å². The summed E-state index contributed by atoms with van der Waals surface area (Å²) in [5.74, 6) is 0. The summed E-state index contributed by atoms with van der Waals surface area (Å²) >= 11 is 0. The van der Waals surface area contributed by atoms with Gasteiger partial charge in [-0.1, -0.05) is 30.3 Å². The molecule has 62 valence electrons. The second-order valence-electron chi connectivity index (χ2n) is 3.27. The molecule has 1 nitrogen and oxygen atoms in total. The third-order valence-corrected chi connectivity index (χ3v) is 2.31. The summed E-state index contributed by atoms with van der Waals surface area (Å²) in [6.45, 7) is 0. The predicted octanol–water partition coefficient (Wildman–Crippen LogP) is 2.66. The molecule has 0 bridgehead atoms. The Hall–Kier alpha value is -1.11. The van der Waals surface area contributed by atoms with Crippen LogP contribution in [0.15, 0.2) is 35.3 Å². The molecule has 1 fully saturated rings. The van der Waals surface area contributed by atoms with E-state index in [9.17, 15) is 0 Å². The molecule has 0 heterocycles. The molecule has 1 aliphatic carbocycles. The van der Waals surface area contributed by atoms with Crippen molar-refractivity contribution in [3.63, 3.8) is 0 Å². The SMILES string of the molecule is C(=NC1CCC1)c1ccccc1. The fraction of sp³-hybridized carbons (Fsp3) is 0.364. The highest BCUT2D eigenvalue weighted by atomic mass is 14.8. The first-order valence-corrected chi connectivity index (χ1v) is 4.53. The van der Waals surface area contributed by atoms with Crippen molar-refractivity contribution >= 4 is 6.21 Å². The van der Waals surface area contributed by atoms with Crippen molar-refractivity contribution in [1.82, 2.24) is 0 Å². The lowest BCUT2D eigenvalue weighted by Gasteiger charge is -2.20. The van der Waals surface area contributed by atoms with Gasteiger partial charge in [-0.05, 0) is 24.8 Å². The standard InChI is InChI=1S/C11H13N/c1-2-5-10(6-3-1)9-12-11-7-4-8-11/h1-3,5-6,9,11H,4,7-8H2. The second kappa shape index (κ2) is 3.53. The Balaban J connectivity index is 1.98. The van der Waals surface area contributed by atoms with Crippen LogP contribution < -0.4 is 0 Å². The zero-order valence-electron chi connectivity index (χ0n) is 7.11. The zero-order chi connectivity index (χ0) is 8.23. The van der Waals surface area contributed by atoms with Gasteiger partial charge in [0.1, 0.15) is 0 Å². The number of hydrogen-bond acceptors (Lipinski definition) is 1. The highest BCUT2D eigenvalue weighted by Gasteiger charge is 2.14.